The van der Waals surface area contributed by atoms with Gasteiger partial charge in [0.05, 0.1) is 12.2 Å². The normalized spacial score (nSPS) is 51.7. The van der Waals surface area contributed by atoms with Gasteiger partial charge in [0.1, 0.15) is 0 Å². The average molecular weight is 393 g/mol. The van der Waals surface area contributed by atoms with Gasteiger partial charge in [-0.1, -0.05) is 20.8 Å². The fraction of sp³-hybridized carbons (Fsp3) is 0.958. The topological polar surface area (TPSA) is 77.8 Å². The summed E-state index contributed by atoms with van der Waals surface area (Å²) in [4.78, 5) is 11.1. The molecule has 4 fully saturated rings. The molecule has 0 amide bonds. The molecule has 4 nitrogen and oxygen atoms in total. The molecule has 4 saturated carbocycles. The first-order valence-corrected chi connectivity index (χ1v) is 11.7. The van der Waals surface area contributed by atoms with Crippen molar-refractivity contribution in [3.05, 3.63) is 0 Å². The molecule has 4 aliphatic carbocycles. The molecule has 0 saturated heterocycles. The summed E-state index contributed by atoms with van der Waals surface area (Å²) in [5, 5.41) is 30.5. The van der Waals surface area contributed by atoms with Gasteiger partial charge in [0.25, 0.3) is 0 Å². The number of rotatable bonds is 4. The van der Waals surface area contributed by atoms with E-state index in [1.54, 1.807) is 0 Å². The molecule has 4 rings (SSSR count). The van der Waals surface area contributed by atoms with E-state index >= 15 is 0 Å². The molecule has 28 heavy (non-hydrogen) atoms. The zero-order valence-electron chi connectivity index (χ0n) is 17.9. The van der Waals surface area contributed by atoms with Gasteiger partial charge in [0.2, 0.25) is 0 Å². The van der Waals surface area contributed by atoms with Gasteiger partial charge < -0.3 is 15.3 Å². The highest BCUT2D eigenvalue weighted by atomic mass is 16.4. The third-order valence-electron chi connectivity index (χ3n) is 10.2. The van der Waals surface area contributed by atoms with Crippen LogP contribution in [-0.4, -0.2) is 33.5 Å². The maximum Gasteiger partial charge on any atom is 0.303 e. The van der Waals surface area contributed by atoms with Crippen LogP contribution in [0.3, 0.4) is 0 Å². The van der Waals surface area contributed by atoms with Crippen molar-refractivity contribution >= 4 is 5.97 Å². The minimum atomic E-state index is -0.684. The fourth-order valence-corrected chi connectivity index (χ4v) is 8.73. The molecule has 0 heterocycles. The van der Waals surface area contributed by atoms with E-state index in [4.69, 9.17) is 5.11 Å². The summed E-state index contributed by atoms with van der Waals surface area (Å²) in [6.07, 6.45) is 9.19. The first-order valence-electron chi connectivity index (χ1n) is 11.7. The Kier molecular flexibility index (Phi) is 5.36. The molecule has 10 atom stereocenters. The van der Waals surface area contributed by atoms with Gasteiger partial charge in [0.15, 0.2) is 0 Å². The Balaban J connectivity index is 1.55. The molecular weight excluding hydrogens is 352 g/mol. The van der Waals surface area contributed by atoms with Crippen molar-refractivity contribution in [1.29, 1.82) is 0 Å². The molecule has 0 aromatic heterocycles. The number of carbonyl (C=O) groups is 1. The molecule has 3 N–H and O–H groups in total. The molecule has 160 valence electrons. The highest BCUT2D eigenvalue weighted by molar-refractivity contribution is 5.66. The maximum absolute atomic E-state index is 11.2. The summed E-state index contributed by atoms with van der Waals surface area (Å²) in [6, 6.07) is 0. The van der Waals surface area contributed by atoms with Crippen molar-refractivity contribution in [3.63, 3.8) is 0 Å². The van der Waals surface area contributed by atoms with Gasteiger partial charge in [-0.3, -0.25) is 4.79 Å². The standard InChI is InChI=1S/C24H40O4/c1-14(4-7-21(27)28)17-5-6-18-22-19(9-11-24(17,18)3)23(2)10-8-16(25)12-15(23)13-20(22)26/h14-20,22,25-26H,4-13H2,1-3H3,(H,27,28)/t14-,15?,16-,17?,18+,19+,20?,22?,23?,24?/m1/s1. The molecule has 0 bridgehead atoms. The molecule has 6 unspecified atom stereocenters. The first kappa shape index (κ1) is 20.7. The highest BCUT2D eigenvalue weighted by Gasteiger charge is 2.62. The largest absolute Gasteiger partial charge is 0.481 e. The van der Waals surface area contributed by atoms with Crippen molar-refractivity contribution in [2.24, 2.45) is 46.3 Å². The zero-order chi connectivity index (χ0) is 20.3. The number of carboxylic acids is 1. The van der Waals surface area contributed by atoms with Crippen LogP contribution in [0.5, 0.6) is 0 Å². The quantitative estimate of drug-likeness (QED) is 0.659. The monoisotopic (exact) mass is 392 g/mol. The van der Waals surface area contributed by atoms with Gasteiger partial charge in [-0.05, 0) is 104 Å². The van der Waals surface area contributed by atoms with Crippen LogP contribution in [0.1, 0.15) is 85.0 Å². The Morgan fingerprint density at radius 3 is 2.39 bits per heavy atom. The summed E-state index contributed by atoms with van der Waals surface area (Å²) in [5.41, 5.74) is 0.523. The van der Waals surface area contributed by atoms with Gasteiger partial charge in [-0.15, -0.1) is 0 Å². The summed E-state index contributed by atoms with van der Waals surface area (Å²) in [5.74, 6) is 2.36. The molecule has 0 aliphatic heterocycles. The van der Waals surface area contributed by atoms with E-state index in [2.05, 4.69) is 20.8 Å². The van der Waals surface area contributed by atoms with Gasteiger partial charge >= 0.3 is 5.97 Å². The van der Waals surface area contributed by atoms with E-state index < -0.39 is 5.97 Å². The Morgan fingerprint density at radius 2 is 1.68 bits per heavy atom. The molecule has 4 aliphatic rings. The average Bonchev–Trinajstić information content (AvgIpc) is 2.98. The highest BCUT2D eigenvalue weighted by Crippen LogP contribution is 2.68. The lowest BCUT2D eigenvalue weighted by Crippen LogP contribution is -2.58. The lowest BCUT2D eigenvalue weighted by atomic mass is 9.43. The van der Waals surface area contributed by atoms with Crippen LogP contribution < -0.4 is 0 Å². The lowest BCUT2D eigenvalue weighted by molar-refractivity contribution is -0.174. The first-order chi connectivity index (χ1) is 13.2. The van der Waals surface area contributed by atoms with E-state index in [-0.39, 0.29) is 29.5 Å². The summed E-state index contributed by atoms with van der Waals surface area (Å²) in [6.45, 7) is 7.16. The van der Waals surface area contributed by atoms with Crippen molar-refractivity contribution < 1.29 is 20.1 Å². The van der Waals surface area contributed by atoms with Crippen LogP contribution in [0.4, 0.5) is 0 Å². The fourth-order valence-electron chi connectivity index (χ4n) is 8.73. The van der Waals surface area contributed by atoms with Crippen molar-refractivity contribution in [2.45, 2.75) is 97.2 Å². The minimum Gasteiger partial charge on any atom is -0.481 e. The maximum atomic E-state index is 11.2. The molecular formula is C24H40O4. The molecule has 4 heteroatoms. The SMILES string of the molecule is C[C@H](CCC(=O)O)C1CC[C@H]2C3C(O)CC4C[C@H](O)CCC4(C)[C@H]3CCC12C. The third-order valence-corrected chi connectivity index (χ3v) is 10.2. The van der Waals surface area contributed by atoms with E-state index in [1.165, 1.54) is 25.7 Å². The van der Waals surface area contributed by atoms with Crippen LogP contribution in [0, 0.1) is 46.3 Å². The molecule has 0 aromatic rings. The second-order valence-electron chi connectivity index (χ2n) is 11.4. The van der Waals surface area contributed by atoms with Crippen LogP contribution in [-0.2, 0) is 4.79 Å². The van der Waals surface area contributed by atoms with Crippen molar-refractivity contribution in [2.75, 3.05) is 0 Å². The second-order valence-corrected chi connectivity index (χ2v) is 11.4. The number of hydrogen-bond donors (Lipinski definition) is 3. The third kappa shape index (κ3) is 3.14. The molecule has 0 radical (unpaired) electrons. The van der Waals surface area contributed by atoms with Crippen LogP contribution in [0.25, 0.3) is 0 Å². The second kappa shape index (κ2) is 7.27. The molecule has 0 aromatic carbocycles. The van der Waals surface area contributed by atoms with Gasteiger partial charge in [-0.2, -0.15) is 0 Å². The Labute approximate surface area is 170 Å². The number of aliphatic hydroxyl groups is 2. The van der Waals surface area contributed by atoms with E-state index in [9.17, 15) is 15.0 Å². The van der Waals surface area contributed by atoms with Crippen LogP contribution >= 0.6 is 0 Å². The van der Waals surface area contributed by atoms with E-state index in [1.807, 2.05) is 0 Å². The van der Waals surface area contributed by atoms with Crippen LogP contribution in [0.15, 0.2) is 0 Å². The minimum absolute atomic E-state index is 0.179. The predicted molar refractivity (Wildman–Crippen MR) is 109 cm³/mol. The number of hydrogen-bond acceptors (Lipinski definition) is 3. The predicted octanol–water partition coefficient (Wildman–Crippen LogP) is 4.48. The number of aliphatic carboxylic acids is 1. The van der Waals surface area contributed by atoms with Crippen molar-refractivity contribution in [3.8, 4) is 0 Å². The number of aliphatic hydroxyl groups excluding tert-OH is 2. The lowest BCUT2D eigenvalue weighted by Gasteiger charge is -2.62. The Morgan fingerprint density at radius 1 is 1.00 bits per heavy atom. The molecule has 0 spiro atoms. The number of fused-ring (bicyclic) bond motifs is 5. The summed E-state index contributed by atoms with van der Waals surface area (Å²) < 4.78 is 0. The smallest absolute Gasteiger partial charge is 0.303 e. The van der Waals surface area contributed by atoms with Crippen molar-refractivity contribution in [1.82, 2.24) is 0 Å². The Bertz CT molecular complexity index is 605. The van der Waals surface area contributed by atoms with Gasteiger partial charge in [-0.25, -0.2) is 0 Å². The van der Waals surface area contributed by atoms with Gasteiger partial charge in [0, 0.05) is 6.42 Å². The number of carboxylic acid groups (broad SMARTS) is 1. The zero-order valence-corrected chi connectivity index (χ0v) is 17.9. The van der Waals surface area contributed by atoms with E-state index in [0.29, 0.717) is 35.5 Å². The Hall–Kier alpha value is -0.610. The van der Waals surface area contributed by atoms with E-state index in [0.717, 1.165) is 32.1 Å². The summed E-state index contributed by atoms with van der Waals surface area (Å²) >= 11 is 0. The van der Waals surface area contributed by atoms with Crippen LogP contribution in [0.2, 0.25) is 0 Å². The summed E-state index contributed by atoms with van der Waals surface area (Å²) in [7, 11) is 0.